The van der Waals surface area contributed by atoms with Crippen LogP contribution in [0, 0.1) is 0 Å². The molecular formula is C12H22N2O3. The van der Waals surface area contributed by atoms with Crippen molar-refractivity contribution >= 4 is 11.7 Å². The monoisotopic (exact) mass is 242 g/mol. The zero-order valence-electron chi connectivity index (χ0n) is 10.7. The van der Waals surface area contributed by atoms with Gasteiger partial charge in [-0.05, 0) is 13.5 Å². The van der Waals surface area contributed by atoms with Gasteiger partial charge in [-0.1, -0.05) is 6.92 Å². The van der Waals surface area contributed by atoms with Gasteiger partial charge in [0.25, 0.3) is 0 Å². The highest BCUT2D eigenvalue weighted by Crippen LogP contribution is 2.03. The van der Waals surface area contributed by atoms with Gasteiger partial charge in [0.1, 0.15) is 5.78 Å². The summed E-state index contributed by atoms with van der Waals surface area (Å²) in [4.78, 5) is 24.4. The summed E-state index contributed by atoms with van der Waals surface area (Å²) < 4.78 is 5.56. The summed E-state index contributed by atoms with van der Waals surface area (Å²) >= 11 is 0. The van der Waals surface area contributed by atoms with Crippen molar-refractivity contribution in [1.82, 2.24) is 10.2 Å². The Morgan fingerprint density at radius 2 is 2.18 bits per heavy atom. The zero-order valence-corrected chi connectivity index (χ0v) is 10.7. The van der Waals surface area contributed by atoms with E-state index in [1.54, 1.807) is 0 Å². The lowest BCUT2D eigenvalue weighted by Gasteiger charge is -2.32. The van der Waals surface area contributed by atoms with Crippen molar-refractivity contribution in [2.24, 2.45) is 0 Å². The molecule has 0 aromatic rings. The van der Waals surface area contributed by atoms with E-state index < -0.39 is 0 Å². The van der Waals surface area contributed by atoms with E-state index in [1.165, 1.54) is 6.92 Å². The third-order valence-corrected chi connectivity index (χ3v) is 2.90. The Labute approximate surface area is 102 Å². The maximum atomic E-state index is 11.4. The summed E-state index contributed by atoms with van der Waals surface area (Å²) in [7, 11) is 0. The topological polar surface area (TPSA) is 58.6 Å². The van der Waals surface area contributed by atoms with Crippen molar-refractivity contribution in [3.8, 4) is 0 Å². The number of amides is 1. The zero-order chi connectivity index (χ0) is 12.7. The van der Waals surface area contributed by atoms with Crippen molar-refractivity contribution in [3.05, 3.63) is 0 Å². The second-order valence-corrected chi connectivity index (χ2v) is 4.39. The number of likely N-dealkylation sites (N-methyl/N-ethyl adjacent to an activating group) is 1. The van der Waals surface area contributed by atoms with E-state index in [2.05, 4.69) is 17.1 Å². The van der Waals surface area contributed by atoms with Crippen molar-refractivity contribution < 1.29 is 14.3 Å². The molecule has 0 aliphatic carbocycles. The van der Waals surface area contributed by atoms with E-state index >= 15 is 0 Å². The Morgan fingerprint density at radius 1 is 1.41 bits per heavy atom. The summed E-state index contributed by atoms with van der Waals surface area (Å²) in [5.41, 5.74) is 0. The number of nitrogens with zero attached hydrogens (tertiary/aromatic N) is 1. The molecule has 1 heterocycles. The van der Waals surface area contributed by atoms with Gasteiger partial charge < -0.3 is 14.8 Å². The van der Waals surface area contributed by atoms with Gasteiger partial charge in [0, 0.05) is 32.5 Å². The predicted octanol–water partition coefficient (Wildman–Crippen LogP) is 0.192. The molecule has 0 spiro atoms. The van der Waals surface area contributed by atoms with Gasteiger partial charge in [0.2, 0.25) is 5.91 Å². The molecule has 0 bridgehead atoms. The normalized spacial score (nSPS) is 21.2. The molecule has 1 aliphatic heterocycles. The number of nitrogens with one attached hydrogen (secondary N) is 1. The van der Waals surface area contributed by atoms with Crippen LogP contribution in [0.2, 0.25) is 0 Å². The second-order valence-electron chi connectivity index (χ2n) is 4.39. The molecule has 0 radical (unpaired) electrons. The number of carbonyl (C=O) groups excluding carboxylic acids is 2. The number of rotatable bonds is 6. The predicted molar refractivity (Wildman–Crippen MR) is 64.8 cm³/mol. The first-order chi connectivity index (χ1) is 8.11. The Morgan fingerprint density at radius 3 is 2.82 bits per heavy atom. The standard InChI is InChI=1S/C12H22N2O3/c1-3-14-6-7-17-11(9-14)8-13-12(16)5-4-10(2)15/h11H,3-9H2,1-2H3,(H,13,16). The van der Waals surface area contributed by atoms with Gasteiger partial charge >= 0.3 is 0 Å². The number of hydrogen-bond acceptors (Lipinski definition) is 4. The number of Topliss-reactive ketones (excluding diaryl/α,β-unsaturated/α-hetero) is 1. The Kier molecular flexibility index (Phi) is 6.15. The van der Waals surface area contributed by atoms with Crippen LogP contribution < -0.4 is 5.32 Å². The molecular weight excluding hydrogens is 220 g/mol. The summed E-state index contributed by atoms with van der Waals surface area (Å²) in [6.07, 6.45) is 0.669. The van der Waals surface area contributed by atoms with Crippen LogP contribution in [-0.4, -0.2) is 55.5 Å². The first-order valence-electron chi connectivity index (χ1n) is 6.22. The second kappa shape index (κ2) is 7.40. The van der Waals surface area contributed by atoms with Gasteiger partial charge in [0.05, 0.1) is 12.7 Å². The Bertz CT molecular complexity index is 268. The molecule has 17 heavy (non-hydrogen) atoms. The summed E-state index contributed by atoms with van der Waals surface area (Å²) in [6.45, 7) is 7.71. The van der Waals surface area contributed by atoms with E-state index in [0.29, 0.717) is 13.0 Å². The first-order valence-corrected chi connectivity index (χ1v) is 6.22. The highest BCUT2D eigenvalue weighted by molar-refractivity contribution is 5.83. The van der Waals surface area contributed by atoms with Crippen LogP contribution in [0.1, 0.15) is 26.7 Å². The maximum Gasteiger partial charge on any atom is 0.220 e. The average molecular weight is 242 g/mol. The number of carbonyl (C=O) groups is 2. The van der Waals surface area contributed by atoms with E-state index in [-0.39, 0.29) is 24.2 Å². The summed E-state index contributed by atoms with van der Waals surface area (Å²) in [6, 6.07) is 0. The highest BCUT2D eigenvalue weighted by Gasteiger charge is 2.19. The molecule has 1 unspecified atom stereocenters. The van der Waals surface area contributed by atoms with E-state index in [9.17, 15) is 9.59 Å². The molecule has 1 saturated heterocycles. The fourth-order valence-electron chi connectivity index (χ4n) is 1.80. The molecule has 1 N–H and O–H groups in total. The van der Waals surface area contributed by atoms with Crippen LogP contribution >= 0.6 is 0 Å². The molecule has 1 aliphatic rings. The fraction of sp³-hybridized carbons (Fsp3) is 0.833. The molecule has 0 aromatic carbocycles. The molecule has 1 amide bonds. The number of ketones is 1. The van der Waals surface area contributed by atoms with Crippen molar-refractivity contribution in [1.29, 1.82) is 0 Å². The Balaban J connectivity index is 2.16. The number of morpholine rings is 1. The molecule has 0 saturated carbocycles. The first kappa shape index (κ1) is 14.1. The van der Waals surface area contributed by atoms with Gasteiger partial charge in [-0.2, -0.15) is 0 Å². The van der Waals surface area contributed by atoms with Crippen molar-refractivity contribution in [3.63, 3.8) is 0 Å². The summed E-state index contributed by atoms with van der Waals surface area (Å²) in [5.74, 6) is -0.0244. The van der Waals surface area contributed by atoms with Crippen LogP contribution in [-0.2, 0) is 14.3 Å². The minimum Gasteiger partial charge on any atom is -0.374 e. The molecule has 5 heteroatoms. The third kappa shape index (κ3) is 5.79. The minimum atomic E-state index is -0.0718. The Hall–Kier alpha value is -0.940. The number of hydrogen-bond donors (Lipinski definition) is 1. The van der Waals surface area contributed by atoms with Gasteiger partial charge in [-0.25, -0.2) is 0 Å². The van der Waals surface area contributed by atoms with Crippen molar-refractivity contribution in [2.75, 3.05) is 32.8 Å². The lowest BCUT2D eigenvalue weighted by molar-refractivity contribution is -0.125. The largest absolute Gasteiger partial charge is 0.374 e. The van der Waals surface area contributed by atoms with Gasteiger partial charge in [0.15, 0.2) is 0 Å². The van der Waals surface area contributed by atoms with Crippen LogP contribution in [0.15, 0.2) is 0 Å². The van der Waals surface area contributed by atoms with E-state index in [4.69, 9.17) is 4.74 Å². The molecule has 1 rings (SSSR count). The smallest absolute Gasteiger partial charge is 0.220 e. The molecule has 5 nitrogen and oxygen atoms in total. The molecule has 1 atom stereocenters. The number of ether oxygens (including phenoxy) is 1. The molecule has 98 valence electrons. The lowest BCUT2D eigenvalue weighted by atomic mass is 10.2. The van der Waals surface area contributed by atoms with Crippen LogP contribution in [0.3, 0.4) is 0 Å². The lowest BCUT2D eigenvalue weighted by Crippen LogP contribution is -2.47. The van der Waals surface area contributed by atoms with Crippen LogP contribution in [0.4, 0.5) is 0 Å². The van der Waals surface area contributed by atoms with Gasteiger partial charge in [-0.3, -0.25) is 9.69 Å². The van der Waals surface area contributed by atoms with Crippen LogP contribution in [0.5, 0.6) is 0 Å². The average Bonchev–Trinajstić information content (AvgIpc) is 2.34. The molecule has 1 fully saturated rings. The minimum absolute atomic E-state index is 0.0474. The highest BCUT2D eigenvalue weighted by atomic mass is 16.5. The summed E-state index contributed by atoms with van der Waals surface area (Å²) in [5, 5.41) is 2.81. The third-order valence-electron chi connectivity index (χ3n) is 2.90. The van der Waals surface area contributed by atoms with E-state index in [1.807, 2.05) is 0 Å². The van der Waals surface area contributed by atoms with E-state index in [0.717, 1.165) is 26.2 Å². The van der Waals surface area contributed by atoms with Gasteiger partial charge in [-0.15, -0.1) is 0 Å². The fourth-order valence-corrected chi connectivity index (χ4v) is 1.80. The SMILES string of the molecule is CCN1CCOC(CNC(=O)CCC(C)=O)C1. The molecule has 0 aromatic heterocycles. The quantitative estimate of drug-likeness (QED) is 0.722. The van der Waals surface area contributed by atoms with Crippen LogP contribution in [0.25, 0.3) is 0 Å². The maximum absolute atomic E-state index is 11.4. The van der Waals surface area contributed by atoms with Crippen molar-refractivity contribution in [2.45, 2.75) is 32.8 Å².